The molecule has 0 atom stereocenters. The zero-order valence-corrected chi connectivity index (χ0v) is 11.3. The molecule has 0 unspecified atom stereocenters. The molecule has 0 aliphatic carbocycles. The molecule has 4 nitrogen and oxygen atoms in total. The van der Waals surface area contributed by atoms with Crippen molar-refractivity contribution < 1.29 is 14.6 Å². The van der Waals surface area contributed by atoms with Crippen molar-refractivity contribution in [2.45, 2.75) is 13.2 Å². The van der Waals surface area contributed by atoms with E-state index < -0.39 is 6.09 Å². The highest BCUT2D eigenvalue weighted by Crippen LogP contribution is 2.15. The number of amides is 1. The third kappa shape index (κ3) is 4.02. The number of hydrogen-bond donors (Lipinski definition) is 1. The molecule has 104 valence electrons. The first-order valence-electron chi connectivity index (χ1n) is 6.35. The Morgan fingerprint density at radius 1 is 1.05 bits per heavy atom. The van der Waals surface area contributed by atoms with Gasteiger partial charge in [0.2, 0.25) is 0 Å². The molecule has 20 heavy (non-hydrogen) atoms. The number of ether oxygens (including phenoxy) is 1. The van der Waals surface area contributed by atoms with Crippen molar-refractivity contribution in [2.75, 3.05) is 7.05 Å². The monoisotopic (exact) mass is 271 g/mol. The lowest BCUT2D eigenvalue weighted by Gasteiger charge is -2.13. The summed E-state index contributed by atoms with van der Waals surface area (Å²) in [7, 11) is 1.54. The molecular formula is C16H17NO3. The van der Waals surface area contributed by atoms with Crippen LogP contribution in [0, 0.1) is 0 Å². The molecule has 1 amide bonds. The van der Waals surface area contributed by atoms with Gasteiger partial charge in [0.15, 0.2) is 0 Å². The van der Waals surface area contributed by atoms with Crippen LogP contribution in [0.25, 0.3) is 0 Å². The molecule has 2 rings (SSSR count). The highest BCUT2D eigenvalue weighted by Gasteiger charge is 2.05. The Labute approximate surface area is 118 Å². The lowest BCUT2D eigenvalue weighted by atomic mass is 10.2. The van der Waals surface area contributed by atoms with Crippen LogP contribution in [0.5, 0.6) is 5.75 Å². The summed E-state index contributed by atoms with van der Waals surface area (Å²) < 4.78 is 5.67. The molecule has 2 aromatic rings. The van der Waals surface area contributed by atoms with Crippen LogP contribution in [-0.2, 0) is 13.2 Å². The molecule has 0 heterocycles. The second-order valence-electron chi connectivity index (χ2n) is 4.56. The van der Waals surface area contributed by atoms with E-state index in [1.54, 1.807) is 7.05 Å². The Morgan fingerprint density at radius 2 is 1.70 bits per heavy atom. The van der Waals surface area contributed by atoms with Crippen LogP contribution in [0.1, 0.15) is 11.1 Å². The van der Waals surface area contributed by atoms with Crippen LogP contribution in [0.3, 0.4) is 0 Å². The van der Waals surface area contributed by atoms with Crippen molar-refractivity contribution in [3.63, 3.8) is 0 Å². The maximum Gasteiger partial charge on any atom is 0.407 e. The van der Waals surface area contributed by atoms with Gasteiger partial charge in [0, 0.05) is 13.6 Å². The molecule has 0 bridgehead atoms. The average molecular weight is 271 g/mol. The van der Waals surface area contributed by atoms with E-state index in [0.29, 0.717) is 13.2 Å². The normalized spacial score (nSPS) is 10.1. The zero-order chi connectivity index (χ0) is 14.4. The van der Waals surface area contributed by atoms with Gasteiger partial charge in [-0.3, -0.25) is 0 Å². The highest BCUT2D eigenvalue weighted by atomic mass is 16.5. The molecule has 0 aromatic heterocycles. The molecule has 0 saturated heterocycles. The van der Waals surface area contributed by atoms with Gasteiger partial charge < -0.3 is 14.7 Å². The van der Waals surface area contributed by atoms with Gasteiger partial charge in [-0.1, -0.05) is 42.5 Å². The smallest absolute Gasteiger partial charge is 0.407 e. The lowest BCUT2D eigenvalue weighted by molar-refractivity contribution is 0.153. The number of rotatable bonds is 5. The van der Waals surface area contributed by atoms with Crippen LogP contribution in [-0.4, -0.2) is 23.1 Å². The van der Waals surface area contributed by atoms with Crippen LogP contribution < -0.4 is 4.74 Å². The number of nitrogens with zero attached hydrogens (tertiary/aromatic N) is 1. The van der Waals surface area contributed by atoms with Gasteiger partial charge in [0.05, 0.1) is 0 Å². The summed E-state index contributed by atoms with van der Waals surface area (Å²) in [4.78, 5) is 12.0. The molecule has 0 spiro atoms. The number of hydrogen-bond acceptors (Lipinski definition) is 2. The molecule has 2 aromatic carbocycles. The van der Waals surface area contributed by atoms with Gasteiger partial charge in [-0.25, -0.2) is 4.79 Å². The Kier molecular flexibility index (Phi) is 4.60. The van der Waals surface area contributed by atoms with Crippen LogP contribution in [0.2, 0.25) is 0 Å². The first-order valence-corrected chi connectivity index (χ1v) is 6.35. The van der Waals surface area contributed by atoms with E-state index in [0.717, 1.165) is 16.9 Å². The van der Waals surface area contributed by atoms with Gasteiger partial charge >= 0.3 is 6.09 Å². The van der Waals surface area contributed by atoms with Gasteiger partial charge in [0.1, 0.15) is 12.4 Å². The van der Waals surface area contributed by atoms with Crippen molar-refractivity contribution in [2.24, 2.45) is 0 Å². The van der Waals surface area contributed by atoms with Gasteiger partial charge in [-0.2, -0.15) is 0 Å². The maximum atomic E-state index is 10.7. The van der Waals surface area contributed by atoms with E-state index in [4.69, 9.17) is 9.84 Å². The first kappa shape index (κ1) is 13.9. The predicted molar refractivity (Wildman–Crippen MR) is 76.7 cm³/mol. The lowest BCUT2D eigenvalue weighted by Crippen LogP contribution is -2.23. The quantitative estimate of drug-likeness (QED) is 0.907. The minimum atomic E-state index is -0.936. The fraction of sp³-hybridized carbons (Fsp3) is 0.188. The summed E-state index contributed by atoms with van der Waals surface area (Å²) in [5.74, 6) is 0.774. The number of benzene rings is 2. The van der Waals surface area contributed by atoms with Crippen molar-refractivity contribution in [3.8, 4) is 5.75 Å². The highest BCUT2D eigenvalue weighted by molar-refractivity contribution is 5.64. The molecule has 4 heteroatoms. The summed E-state index contributed by atoms with van der Waals surface area (Å²) >= 11 is 0. The van der Waals surface area contributed by atoms with Crippen LogP contribution in [0.15, 0.2) is 54.6 Å². The molecular weight excluding hydrogens is 254 g/mol. The number of carbonyl (C=O) groups is 1. The van der Waals surface area contributed by atoms with Crippen molar-refractivity contribution >= 4 is 6.09 Å². The third-order valence-electron chi connectivity index (χ3n) is 2.92. The van der Waals surface area contributed by atoms with Crippen LogP contribution >= 0.6 is 0 Å². The number of carboxylic acid groups (broad SMARTS) is 1. The topological polar surface area (TPSA) is 49.8 Å². The molecule has 0 saturated carbocycles. The van der Waals surface area contributed by atoms with Gasteiger partial charge in [-0.05, 0) is 23.3 Å². The second kappa shape index (κ2) is 6.61. The summed E-state index contributed by atoms with van der Waals surface area (Å²) in [5.41, 5.74) is 2.05. The van der Waals surface area contributed by atoms with Gasteiger partial charge in [-0.15, -0.1) is 0 Å². The average Bonchev–Trinajstić information content (AvgIpc) is 2.47. The van der Waals surface area contributed by atoms with Crippen molar-refractivity contribution in [3.05, 3.63) is 65.7 Å². The van der Waals surface area contributed by atoms with E-state index in [9.17, 15) is 4.79 Å². The SMILES string of the molecule is CN(Cc1ccc(OCc2ccccc2)cc1)C(=O)O. The van der Waals surface area contributed by atoms with E-state index in [1.165, 1.54) is 4.90 Å². The minimum absolute atomic E-state index is 0.369. The fourth-order valence-corrected chi connectivity index (χ4v) is 1.77. The molecule has 0 aliphatic heterocycles. The van der Waals surface area contributed by atoms with E-state index in [1.807, 2.05) is 54.6 Å². The van der Waals surface area contributed by atoms with Gasteiger partial charge in [0.25, 0.3) is 0 Å². The molecule has 0 fully saturated rings. The fourth-order valence-electron chi connectivity index (χ4n) is 1.77. The largest absolute Gasteiger partial charge is 0.489 e. The van der Waals surface area contributed by atoms with E-state index in [2.05, 4.69) is 0 Å². The minimum Gasteiger partial charge on any atom is -0.489 e. The Bertz CT molecular complexity index is 552. The summed E-state index contributed by atoms with van der Waals surface area (Å²) in [6.45, 7) is 0.892. The van der Waals surface area contributed by atoms with Crippen LogP contribution in [0.4, 0.5) is 4.79 Å². The Morgan fingerprint density at radius 3 is 2.30 bits per heavy atom. The predicted octanol–water partition coefficient (Wildman–Crippen LogP) is 3.38. The molecule has 0 radical (unpaired) electrons. The summed E-state index contributed by atoms with van der Waals surface area (Å²) in [5, 5.41) is 8.81. The molecule has 1 N–H and O–H groups in total. The maximum absolute atomic E-state index is 10.7. The zero-order valence-electron chi connectivity index (χ0n) is 11.3. The standard InChI is InChI=1S/C16H17NO3/c1-17(16(18)19)11-13-7-9-15(10-8-13)20-12-14-5-3-2-4-6-14/h2-10H,11-12H2,1H3,(H,18,19). The second-order valence-corrected chi connectivity index (χ2v) is 4.56. The van der Waals surface area contributed by atoms with Crippen molar-refractivity contribution in [1.82, 2.24) is 4.90 Å². The summed E-state index contributed by atoms with van der Waals surface area (Å²) in [6, 6.07) is 17.4. The van der Waals surface area contributed by atoms with E-state index in [-0.39, 0.29) is 0 Å². The first-order chi connectivity index (χ1) is 9.65. The summed E-state index contributed by atoms with van der Waals surface area (Å²) in [6.07, 6.45) is -0.936. The Balaban J connectivity index is 1.90. The third-order valence-corrected chi connectivity index (χ3v) is 2.92. The molecule has 0 aliphatic rings. The van der Waals surface area contributed by atoms with E-state index >= 15 is 0 Å². The van der Waals surface area contributed by atoms with Crippen molar-refractivity contribution in [1.29, 1.82) is 0 Å². The Hall–Kier alpha value is -2.49.